The largest absolute Gasteiger partial charge is 0.383 e. The van der Waals surface area contributed by atoms with Crippen LogP contribution in [0.25, 0.3) is 0 Å². The van der Waals surface area contributed by atoms with Crippen LogP contribution in [-0.2, 0) is 0 Å². The average molecular weight is 245 g/mol. The first-order chi connectivity index (χ1) is 8.17. The molecule has 7 nitrogen and oxygen atoms in total. The van der Waals surface area contributed by atoms with Crippen LogP contribution < -0.4 is 11.5 Å². The molecule has 0 spiro atoms. The summed E-state index contributed by atoms with van der Waals surface area (Å²) in [5.41, 5.74) is 11.3. The molecular weight excluding hydrogens is 238 g/mol. The van der Waals surface area contributed by atoms with Crippen LogP contribution in [0.4, 0.5) is 11.6 Å². The van der Waals surface area contributed by atoms with Crippen molar-refractivity contribution < 1.29 is 0 Å². The molecular formula is C9H7N7S. The van der Waals surface area contributed by atoms with Crippen LogP contribution in [0.5, 0.6) is 0 Å². The molecule has 0 aliphatic rings. The summed E-state index contributed by atoms with van der Waals surface area (Å²) in [5.74, 6) is 0.586. The number of hydrogen-bond acceptors (Lipinski definition) is 8. The highest BCUT2D eigenvalue weighted by molar-refractivity contribution is 7.99. The summed E-state index contributed by atoms with van der Waals surface area (Å²) >= 11 is 1.17. The fraction of sp³-hybridized carbons (Fsp3) is 0. The van der Waals surface area contributed by atoms with Gasteiger partial charge in [-0.15, -0.1) is 0 Å². The second-order valence-electron chi connectivity index (χ2n) is 2.95. The Bertz CT molecular complexity index is 555. The zero-order valence-electron chi connectivity index (χ0n) is 8.53. The van der Waals surface area contributed by atoms with Crippen LogP contribution in [-0.4, -0.2) is 19.9 Å². The quantitative estimate of drug-likeness (QED) is 0.730. The van der Waals surface area contributed by atoms with Crippen molar-refractivity contribution in [2.45, 2.75) is 10.2 Å². The van der Waals surface area contributed by atoms with Crippen molar-refractivity contribution in [1.29, 1.82) is 5.26 Å². The van der Waals surface area contributed by atoms with Crippen LogP contribution in [0, 0.1) is 11.3 Å². The minimum atomic E-state index is 0.252. The minimum absolute atomic E-state index is 0.252. The number of nitrogen functional groups attached to an aromatic ring is 2. The van der Waals surface area contributed by atoms with Gasteiger partial charge in [-0.3, -0.25) is 0 Å². The van der Waals surface area contributed by atoms with Gasteiger partial charge in [0, 0.05) is 6.07 Å². The molecule has 2 aromatic rings. The Balaban J connectivity index is 2.22. The second kappa shape index (κ2) is 4.63. The smallest absolute Gasteiger partial charge is 0.197 e. The first-order valence-electron chi connectivity index (χ1n) is 4.47. The van der Waals surface area contributed by atoms with Crippen molar-refractivity contribution in [3.05, 3.63) is 24.2 Å². The maximum Gasteiger partial charge on any atom is 0.197 e. The van der Waals surface area contributed by atoms with Gasteiger partial charge in [0.05, 0.1) is 12.4 Å². The molecule has 2 heterocycles. The molecule has 0 saturated carbocycles. The third-order valence-electron chi connectivity index (χ3n) is 1.68. The van der Waals surface area contributed by atoms with E-state index in [1.807, 2.05) is 6.07 Å². The minimum Gasteiger partial charge on any atom is -0.383 e. The molecule has 0 aliphatic heterocycles. The summed E-state index contributed by atoms with van der Waals surface area (Å²) < 4.78 is 0. The SMILES string of the molecule is N#Cc1cnc(Sc2nc(N)cc(N)n2)cn1. The van der Waals surface area contributed by atoms with Crippen LogP contribution in [0.3, 0.4) is 0 Å². The van der Waals surface area contributed by atoms with Gasteiger partial charge in [0.15, 0.2) is 10.9 Å². The normalized spacial score (nSPS) is 9.82. The van der Waals surface area contributed by atoms with E-state index >= 15 is 0 Å². The van der Waals surface area contributed by atoms with E-state index in [4.69, 9.17) is 16.7 Å². The zero-order chi connectivity index (χ0) is 12.3. The number of aromatic nitrogens is 4. The second-order valence-corrected chi connectivity index (χ2v) is 3.94. The molecule has 0 atom stereocenters. The first-order valence-corrected chi connectivity index (χ1v) is 5.29. The van der Waals surface area contributed by atoms with Crippen molar-refractivity contribution in [3.63, 3.8) is 0 Å². The molecule has 0 fully saturated rings. The van der Waals surface area contributed by atoms with E-state index in [-0.39, 0.29) is 5.69 Å². The van der Waals surface area contributed by atoms with Gasteiger partial charge in [-0.05, 0) is 11.8 Å². The number of anilines is 2. The molecule has 2 aromatic heterocycles. The first kappa shape index (κ1) is 11.1. The Kier molecular flexibility index (Phi) is 3.02. The van der Waals surface area contributed by atoms with E-state index in [1.165, 1.54) is 30.2 Å². The Hall–Kier alpha value is -2.40. The van der Waals surface area contributed by atoms with Gasteiger partial charge >= 0.3 is 0 Å². The van der Waals surface area contributed by atoms with E-state index in [0.717, 1.165) is 0 Å². The van der Waals surface area contributed by atoms with Crippen LogP contribution in [0.15, 0.2) is 28.6 Å². The predicted octanol–water partition coefficient (Wildman–Crippen LogP) is 0.454. The van der Waals surface area contributed by atoms with E-state index in [9.17, 15) is 0 Å². The monoisotopic (exact) mass is 245 g/mol. The summed E-state index contributed by atoms with van der Waals surface area (Å²) in [6.45, 7) is 0. The van der Waals surface area contributed by atoms with Crippen LogP contribution >= 0.6 is 11.8 Å². The molecule has 0 aliphatic carbocycles. The molecule has 0 saturated heterocycles. The van der Waals surface area contributed by atoms with E-state index < -0.39 is 0 Å². The lowest BCUT2D eigenvalue weighted by Gasteiger charge is -2.01. The highest BCUT2D eigenvalue weighted by Crippen LogP contribution is 2.23. The van der Waals surface area contributed by atoms with Gasteiger partial charge < -0.3 is 11.5 Å². The average Bonchev–Trinajstić information content (AvgIpc) is 2.28. The molecule has 8 heteroatoms. The van der Waals surface area contributed by atoms with E-state index in [1.54, 1.807) is 0 Å². The zero-order valence-corrected chi connectivity index (χ0v) is 9.35. The Morgan fingerprint density at radius 1 is 1.12 bits per heavy atom. The summed E-state index contributed by atoms with van der Waals surface area (Å²) in [4.78, 5) is 15.9. The maximum absolute atomic E-state index is 8.57. The molecule has 0 unspecified atom stereocenters. The maximum atomic E-state index is 8.57. The predicted molar refractivity (Wildman–Crippen MR) is 61.7 cm³/mol. The number of rotatable bonds is 2. The Morgan fingerprint density at radius 2 is 1.82 bits per heavy atom. The van der Waals surface area contributed by atoms with Gasteiger partial charge in [0.1, 0.15) is 22.7 Å². The Morgan fingerprint density at radius 3 is 2.35 bits per heavy atom. The van der Waals surface area contributed by atoms with Gasteiger partial charge in [-0.2, -0.15) is 5.26 Å². The Labute approximate surface area is 101 Å². The number of nitrogens with two attached hydrogens (primary N) is 2. The molecule has 0 radical (unpaired) electrons. The van der Waals surface area contributed by atoms with Gasteiger partial charge in [0.25, 0.3) is 0 Å². The highest BCUT2D eigenvalue weighted by atomic mass is 32.2. The topological polar surface area (TPSA) is 127 Å². The van der Waals surface area contributed by atoms with Gasteiger partial charge in [0.2, 0.25) is 0 Å². The van der Waals surface area contributed by atoms with E-state index in [0.29, 0.717) is 21.8 Å². The van der Waals surface area contributed by atoms with E-state index in [2.05, 4.69) is 19.9 Å². The lowest BCUT2D eigenvalue weighted by atomic mass is 10.5. The fourth-order valence-corrected chi connectivity index (χ4v) is 1.73. The molecule has 0 aromatic carbocycles. The summed E-state index contributed by atoms with van der Waals surface area (Å²) in [5, 5.41) is 9.53. The molecule has 4 N–H and O–H groups in total. The lowest BCUT2D eigenvalue weighted by Crippen LogP contribution is -1.99. The summed E-state index contributed by atoms with van der Waals surface area (Å²) in [6, 6.07) is 3.35. The van der Waals surface area contributed by atoms with Crippen molar-refractivity contribution in [1.82, 2.24) is 19.9 Å². The number of hydrogen-bond donors (Lipinski definition) is 2. The van der Waals surface area contributed by atoms with Gasteiger partial charge in [-0.25, -0.2) is 19.9 Å². The molecule has 0 amide bonds. The van der Waals surface area contributed by atoms with Crippen molar-refractivity contribution in [2.75, 3.05) is 11.5 Å². The molecule has 17 heavy (non-hydrogen) atoms. The van der Waals surface area contributed by atoms with Crippen LogP contribution in [0.2, 0.25) is 0 Å². The van der Waals surface area contributed by atoms with Crippen LogP contribution in [0.1, 0.15) is 5.69 Å². The molecule has 2 rings (SSSR count). The lowest BCUT2D eigenvalue weighted by molar-refractivity contribution is 0.967. The number of nitrogens with zero attached hydrogens (tertiary/aromatic N) is 5. The summed E-state index contributed by atoms with van der Waals surface area (Å²) in [7, 11) is 0. The van der Waals surface area contributed by atoms with Gasteiger partial charge in [-0.1, -0.05) is 0 Å². The third-order valence-corrected chi connectivity index (χ3v) is 2.47. The molecule has 84 valence electrons. The van der Waals surface area contributed by atoms with Crippen molar-refractivity contribution >= 4 is 23.4 Å². The fourth-order valence-electron chi connectivity index (χ4n) is 1.03. The third kappa shape index (κ3) is 2.79. The standard InChI is InChI=1S/C9H7N7S/c10-2-5-3-14-8(4-13-5)17-9-15-6(11)1-7(12)16-9/h1,3-4H,(H4,11,12,15,16). The van der Waals surface area contributed by atoms with Crippen molar-refractivity contribution in [2.24, 2.45) is 0 Å². The number of nitriles is 1. The molecule has 0 bridgehead atoms. The highest BCUT2D eigenvalue weighted by Gasteiger charge is 2.05. The van der Waals surface area contributed by atoms with Crippen molar-refractivity contribution in [3.8, 4) is 6.07 Å². The summed E-state index contributed by atoms with van der Waals surface area (Å²) in [6.07, 6.45) is 2.84.